The number of anilines is 3. The fourth-order valence-electron chi connectivity index (χ4n) is 1.44. The van der Waals surface area contributed by atoms with Crippen molar-refractivity contribution in [2.24, 2.45) is 0 Å². The Balaban J connectivity index is 2.86. The predicted molar refractivity (Wildman–Crippen MR) is 57.2 cm³/mol. The van der Waals surface area contributed by atoms with Gasteiger partial charge in [-0.15, -0.1) is 0 Å². The standard InChI is InChI=1S/C10H11N3/c11-7-1-2-9-6(3-7)4-8(12)5-10(9)13/h1-5H,11-13H2. The zero-order chi connectivity index (χ0) is 9.42. The molecule has 0 unspecified atom stereocenters. The van der Waals surface area contributed by atoms with Crippen molar-refractivity contribution in [3.63, 3.8) is 0 Å². The highest BCUT2D eigenvalue weighted by atomic mass is 14.6. The Morgan fingerprint density at radius 3 is 2.23 bits per heavy atom. The molecule has 0 atom stereocenters. The molecule has 0 fully saturated rings. The fraction of sp³-hybridized carbons (Fsp3) is 0. The van der Waals surface area contributed by atoms with Crippen molar-refractivity contribution in [3.8, 4) is 0 Å². The third-order valence-electron chi connectivity index (χ3n) is 2.03. The number of nitrogens with two attached hydrogens (primary N) is 3. The minimum Gasteiger partial charge on any atom is -0.399 e. The van der Waals surface area contributed by atoms with Crippen molar-refractivity contribution in [1.82, 2.24) is 0 Å². The lowest BCUT2D eigenvalue weighted by atomic mass is 10.1. The van der Waals surface area contributed by atoms with E-state index in [4.69, 9.17) is 17.2 Å². The maximum Gasteiger partial charge on any atom is 0.0414 e. The Labute approximate surface area is 76.1 Å². The number of fused-ring (bicyclic) bond motifs is 1. The zero-order valence-electron chi connectivity index (χ0n) is 7.12. The van der Waals surface area contributed by atoms with Crippen molar-refractivity contribution in [2.75, 3.05) is 17.2 Å². The average molecular weight is 173 g/mol. The third kappa shape index (κ3) is 1.24. The van der Waals surface area contributed by atoms with Crippen LogP contribution in [0.2, 0.25) is 0 Å². The van der Waals surface area contributed by atoms with Crippen LogP contribution in [0.25, 0.3) is 10.8 Å². The summed E-state index contributed by atoms with van der Waals surface area (Å²) in [5.74, 6) is 0. The number of hydrogen-bond donors (Lipinski definition) is 3. The van der Waals surface area contributed by atoms with E-state index in [0.29, 0.717) is 11.4 Å². The van der Waals surface area contributed by atoms with Gasteiger partial charge in [0, 0.05) is 22.4 Å². The van der Waals surface area contributed by atoms with Crippen molar-refractivity contribution in [3.05, 3.63) is 30.3 Å². The molecule has 0 heterocycles. The van der Waals surface area contributed by atoms with Crippen LogP contribution in [0, 0.1) is 0 Å². The Kier molecular flexibility index (Phi) is 1.52. The lowest BCUT2D eigenvalue weighted by molar-refractivity contribution is 1.70. The van der Waals surface area contributed by atoms with E-state index in [1.54, 1.807) is 6.07 Å². The fourth-order valence-corrected chi connectivity index (χ4v) is 1.44. The molecule has 0 aliphatic heterocycles. The van der Waals surface area contributed by atoms with E-state index in [2.05, 4.69) is 0 Å². The van der Waals surface area contributed by atoms with Gasteiger partial charge in [-0.3, -0.25) is 0 Å². The van der Waals surface area contributed by atoms with Gasteiger partial charge in [-0.05, 0) is 29.7 Å². The van der Waals surface area contributed by atoms with Crippen LogP contribution >= 0.6 is 0 Å². The van der Waals surface area contributed by atoms with Crippen LogP contribution in [0.15, 0.2) is 30.3 Å². The quantitative estimate of drug-likeness (QED) is 0.529. The van der Waals surface area contributed by atoms with Crippen LogP contribution in [0.4, 0.5) is 17.1 Å². The van der Waals surface area contributed by atoms with E-state index < -0.39 is 0 Å². The minimum absolute atomic E-state index is 0.663. The summed E-state index contributed by atoms with van der Waals surface area (Å²) in [4.78, 5) is 0. The smallest absolute Gasteiger partial charge is 0.0414 e. The molecular weight excluding hydrogens is 162 g/mol. The van der Waals surface area contributed by atoms with Gasteiger partial charge in [0.05, 0.1) is 0 Å². The van der Waals surface area contributed by atoms with Crippen LogP contribution in [0.5, 0.6) is 0 Å². The molecule has 0 amide bonds. The zero-order valence-corrected chi connectivity index (χ0v) is 7.12. The second kappa shape index (κ2) is 2.55. The van der Waals surface area contributed by atoms with Crippen LogP contribution in [0.1, 0.15) is 0 Å². The van der Waals surface area contributed by atoms with E-state index in [-0.39, 0.29) is 0 Å². The molecule has 2 aromatic carbocycles. The average Bonchev–Trinajstić information content (AvgIpc) is 2.02. The first-order chi connectivity index (χ1) is 6.16. The molecule has 0 saturated heterocycles. The first-order valence-electron chi connectivity index (χ1n) is 4.01. The number of rotatable bonds is 0. The van der Waals surface area contributed by atoms with Crippen molar-refractivity contribution in [2.45, 2.75) is 0 Å². The molecule has 0 aromatic heterocycles. The molecule has 2 rings (SSSR count). The Hall–Kier alpha value is -1.90. The molecule has 0 bridgehead atoms. The van der Waals surface area contributed by atoms with Gasteiger partial charge in [-0.2, -0.15) is 0 Å². The molecule has 0 spiro atoms. The largest absolute Gasteiger partial charge is 0.399 e. The van der Waals surface area contributed by atoms with Crippen molar-refractivity contribution >= 4 is 27.8 Å². The Morgan fingerprint density at radius 1 is 0.769 bits per heavy atom. The highest BCUT2D eigenvalue weighted by Gasteiger charge is 1.99. The first-order valence-corrected chi connectivity index (χ1v) is 4.01. The highest BCUT2D eigenvalue weighted by Crippen LogP contribution is 2.25. The summed E-state index contributed by atoms with van der Waals surface area (Å²) in [7, 11) is 0. The molecule has 0 saturated carbocycles. The van der Waals surface area contributed by atoms with Gasteiger partial charge in [0.25, 0.3) is 0 Å². The van der Waals surface area contributed by atoms with Gasteiger partial charge in [-0.25, -0.2) is 0 Å². The van der Waals surface area contributed by atoms with E-state index in [1.165, 1.54) is 0 Å². The molecule has 13 heavy (non-hydrogen) atoms. The van der Waals surface area contributed by atoms with Gasteiger partial charge in [0.1, 0.15) is 0 Å². The molecule has 0 radical (unpaired) electrons. The summed E-state index contributed by atoms with van der Waals surface area (Å²) in [6, 6.07) is 9.21. The number of hydrogen-bond acceptors (Lipinski definition) is 3. The minimum atomic E-state index is 0.663. The molecular formula is C10H11N3. The van der Waals surface area contributed by atoms with Gasteiger partial charge in [-0.1, -0.05) is 6.07 Å². The lowest BCUT2D eigenvalue weighted by Crippen LogP contribution is -1.92. The first kappa shape index (κ1) is 7.73. The Morgan fingerprint density at radius 2 is 1.46 bits per heavy atom. The van der Waals surface area contributed by atoms with Gasteiger partial charge in [0.2, 0.25) is 0 Å². The summed E-state index contributed by atoms with van der Waals surface area (Å²) >= 11 is 0. The highest BCUT2D eigenvalue weighted by molar-refractivity contribution is 5.97. The van der Waals surface area contributed by atoms with Gasteiger partial charge >= 0.3 is 0 Å². The van der Waals surface area contributed by atoms with E-state index in [0.717, 1.165) is 16.5 Å². The molecule has 66 valence electrons. The van der Waals surface area contributed by atoms with E-state index in [9.17, 15) is 0 Å². The summed E-state index contributed by atoms with van der Waals surface area (Å²) in [6.07, 6.45) is 0. The lowest BCUT2D eigenvalue weighted by Gasteiger charge is -2.04. The van der Waals surface area contributed by atoms with Gasteiger partial charge in [0.15, 0.2) is 0 Å². The van der Waals surface area contributed by atoms with Crippen molar-refractivity contribution in [1.29, 1.82) is 0 Å². The molecule has 3 heteroatoms. The van der Waals surface area contributed by atoms with Crippen LogP contribution < -0.4 is 17.2 Å². The summed E-state index contributed by atoms with van der Waals surface area (Å²) in [5.41, 5.74) is 19.2. The monoisotopic (exact) mass is 173 g/mol. The summed E-state index contributed by atoms with van der Waals surface area (Å²) < 4.78 is 0. The second-order valence-corrected chi connectivity index (χ2v) is 3.09. The van der Waals surface area contributed by atoms with Crippen LogP contribution in [0.3, 0.4) is 0 Å². The summed E-state index contributed by atoms with van der Waals surface area (Å²) in [6.45, 7) is 0. The van der Waals surface area contributed by atoms with E-state index in [1.807, 2.05) is 24.3 Å². The van der Waals surface area contributed by atoms with Crippen LogP contribution in [-0.4, -0.2) is 0 Å². The van der Waals surface area contributed by atoms with Gasteiger partial charge < -0.3 is 17.2 Å². The maximum absolute atomic E-state index is 5.79. The number of benzene rings is 2. The van der Waals surface area contributed by atoms with Crippen LogP contribution in [-0.2, 0) is 0 Å². The molecule has 0 aliphatic rings. The topological polar surface area (TPSA) is 78.1 Å². The molecule has 2 aromatic rings. The molecule has 6 N–H and O–H groups in total. The SMILES string of the molecule is Nc1ccc2c(N)cc(N)cc2c1. The number of nitrogen functional groups attached to an aromatic ring is 3. The summed E-state index contributed by atoms with van der Waals surface area (Å²) in [5, 5.41) is 1.97. The van der Waals surface area contributed by atoms with Crippen molar-refractivity contribution < 1.29 is 0 Å². The van der Waals surface area contributed by atoms with E-state index >= 15 is 0 Å². The molecule has 3 nitrogen and oxygen atoms in total. The Bertz CT molecular complexity index is 458. The normalized spacial score (nSPS) is 10.5. The molecule has 0 aliphatic carbocycles. The second-order valence-electron chi connectivity index (χ2n) is 3.09. The predicted octanol–water partition coefficient (Wildman–Crippen LogP) is 1.59. The maximum atomic E-state index is 5.79. The third-order valence-corrected chi connectivity index (χ3v) is 2.03.